The number of aryl methyl sites for hydroxylation is 1. The van der Waals surface area contributed by atoms with Gasteiger partial charge in [0.1, 0.15) is 29.2 Å². The van der Waals surface area contributed by atoms with Crippen molar-refractivity contribution < 1.29 is 13.9 Å². The quantitative estimate of drug-likeness (QED) is 0.393. The van der Waals surface area contributed by atoms with E-state index in [1.807, 2.05) is 49.7 Å². The first-order valence-electron chi connectivity index (χ1n) is 10.4. The van der Waals surface area contributed by atoms with Crippen molar-refractivity contribution >= 4 is 5.96 Å². The average Bonchev–Trinajstić information content (AvgIpc) is 3.12. The molecule has 0 spiro atoms. The Kier molecular flexibility index (Phi) is 8.02. The molecule has 32 heavy (non-hydrogen) atoms. The first kappa shape index (κ1) is 23.1. The van der Waals surface area contributed by atoms with Gasteiger partial charge in [-0.25, -0.2) is 9.38 Å². The molecule has 9 heteroatoms. The van der Waals surface area contributed by atoms with Crippen molar-refractivity contribution in [3.8, 4) is 11.5 Å². The number of methoxy groups -OCH3 is 1. The molecule has 0 aliphatic rings. The largest absolute Gasteiger partial charge is 0.497 e. The van der Waals surface area contributed by atoms with Gasteiger partial charge in [0.15, 0.2) is 11.8 Å². The summed E-state index contributed by atoms with van der Waals surface area (Å²) in [5.74, 6) is 3.39. The zero-order valence-electron chi connectivity index (χ0n) is 18.8. The Balaban J connectivity index is 1.62. The minimum atomic E-state index is -0.292. The standard InChI is InChI=1S/C23H29FN6O2/c1-16(32-21-11-7-19(24)8-12-21)13-25-23(27-15-22-29-28-17(2)30(22)3)26-14-18-5-9-20(31-4)10-6-18/h5-12,16H,13-15H2,1-4H3,(H2,25,26,27). The van der Waals surface area contributed by atoms with Crippen molar-refractivity contribution in [2.24, 2.45) is 12.0 Å². The van der Waals surface area contributed by atoms with E-state index in [1.54, 1.807) is 19.2 Å². The predicted octanol–water partition coefficient (Wildman–Crippen LogP) is 2.97. The van der Waals surface area contributed by atoms with Crippen LogP contribution in [-0.4, -0.2) is 40.5 Å². The van der Waals surface area contributed by atoms with Crippen LogP contribution in [0.2, 0.25) is 0 Å². The smallest absolute Gasteiger partial charge is 0.192 e. The third kappa shape index (κ3) is 6.69. The van der Waals surface area contributed by atoms with Gasteiger partial charge in [-0.2, -0.15) is 0 Å². The molecular weight excluding hydrogens is 411 g/mol. The van der Waals surface area contributed by atoms with Gasteiger partial charge in [0.25, 0.3) is 0 Å². The van der Waals surface area contributed by atoms with Crippen molar-refractivity contribution in [2.75, 3.05) is 13.7 Å². The summed E-state index contributed by atoms with van der Waals surface area (Å²) in [4.78, 5) is 4.68. The van der Waals surface area contributed by atoms with Crippen molar-refractivity contribution in [3.63, 3.8) is 0 Å². The summed E-state index contributed by atoms with van der Waals surface area (Å²) in [6, 6.07) is 13.7. The van der Waals surface area contributed by atoms with Crippen molar-refractivity contribution in [2.45, 2.75) is 33.0 Å². The number of hydrogen-bond donors (Lipinski definition) is 2. The number of aliphatic imine (C=N–C) groups is 1. The second-order valence-electron chi connectivity index (χ2n) is 7.35. The Labute approximate surface area is 187 Å². The summed E-state index contributed by atoms with van der Waals surface area (Å²) >= 11 is 0. The van der Waals surface area contributed by atoms with E-state index in [2.05, 4.69) is 25.8 Å². The maximum atomic E-state index is 13.1. The number of halogens is 1. The number of guanidine groups is 1. The second-order valence-corrected chi connectivity index (χ2v) is 7.35. The highest BCUT2D eigenvalue weighted by Gasteiger charge is 2.09. The van der Waals surface area contributed by atoms with Crippen LogP contribution >= 0.6 is 0 Å². The first-order valence-corrected chi connectivity index (χ1v) is 10.4. The van der Waals surface area contributed by atoms with Gasteiger partial charge in [0.2, 0.25) is 0 Å². The molecule has 0 aliphatic carbocycles. The SMILES string of the molecule is COc1ccc(CN=C(NCc2nnc(C)n2C)NCC(C)Oc2ccc(F)cc2)cc1. The number of aromatic nitrogens is 3. The fourth-order valence-corrected chi connectivity index (χ4v) is 2.87. The van der Waals surface area contributed by atoms with Crippen LogP contribution < -0.4 is 20.1 Å². The van der Waals surface area contributed by atoms with E-state index in [0.29, 0.717) is 31.3 Å². The third-order valence-electron chi connectivity index (χ3n) is 4.88. The molecule has 0 saturated carbocycles. The zero-order chi connectivity index (χ0) is 22.9. The van der Waals surface area contributed by atoms with Crippen LogP contribution in [0.25, 0.3) is 0 Å². The zero-order valence-corrected chi connectivity index (χ0v) is 18.8. The molecule has 0 fully saturated rings. The molecule has 0 amide bonds. The minimum Gasteiger partial charge on any atom is -0.497 e. The molecule has 0 radical (unpaired) electrons. The molecule has 2 aromatic carbocycles. The van der Waals surface area contributed by atoms with Gasteiger partial charge in [-0.05, 0) is 55.8 Å². The molecule has 3 rings (SSSR count). The molecular formula is C23H29FN6O2. The van der Waals surface area contributed by atoms with Gasteiger partial charge in [0.05, 0.1) is 26.7 Å². The van der Waals surface area contributed by atoms with Crippen LogP contribution in [0.4, 0.5) is 4.39 Å². The van der Waals surface area contributed by atoms with Crippen molar-refractivity contribution in [3.05, 3.63) is 71.6 Å². The fraction of sp³-hybridized carbons (Fsp3) is 0.348. The van der Waals surface area contributed by atoms with Gasteiger partial charge in [-0.1, -0.05) is 12.1 Å². The summed E-state index contributed by atoms with van der Waals surface area (Å²) in [6.45, 7) is 5.30. The number of ether oxygens (including phenoxy) is 2. The lowest BCUT2D eigenvalue weighted by Crippen LogP contribution is -2.42. The average molecular weight is 441 g/mol. The number of hydrogen-bond acceptors (Lipinski definition) is 5. The van der Waals surface area contributed by atoms with Gasteiger partial charge in [-0.15, -0.1) is 10.2 Å². The summed E-state index contributed by atoms with van der Waals surface area (Å²) in [5.41, 5.74) is 1.05. The Morgan fingerprint density at radius 3 is 2.38 bits per heavy atom. The highest BCUT2D eigenvalue weighted by molar-refractivity contribution is 5.79. The van der Waals surface area contributed by atoms with Gasteiger partial charge < -0.3 is 24.7 Å². The van der Waals surface area contributed by atoms with Crippen LogP contribution in [0.1, 0.15) is 24.1 Å². The predicted molar refractivity (Wildman–Crippen MR) is 121 cm³/mol. The maximum Gasteiger partial charge on any atom is 0.192 e. The molecule has 3 aromatic rings. The molecule has 2 N–H and O–H groups in total. The van der Waals surface area contributed by atoms with E-state index >= 15 is 0 Å². The molecule has 1 unspecified atom stereocenters. The highest BCUT2D eigenvalue weighted by atomic mass is 19.1. The summed E-state index contributed by atoms with van der Waals surface area (Å²) in [7, 11) is 3.56. The molecule has 0 bridgehead atoms. The Morgan fingerprint density at radius 2 is 1.75 bits per heavy atom. The van der Waals surface area contributed by atoms with Crippen LogP contribution in [0.15, 0.2) is 53.5 Å². The first-order chi connectivity index (χ1) is 15.4. The lowest BCUT2D eigenvalue weighted by atomic mass is 10.2. The Morgan fingerprint density at radius 1 is 1.06 bits per heavy atom. The normalized spacial score (nSPS) is 12.3. The van der Waals surface area contributed by atoms with E-state index in [0.717, 1.165) is 23.0 Å². The van der Waals surface area contributed by atoms with Crippen LogP contribution in [0.5, 0.6) is 11.5 Å². The van der Waals surface area contributed by atoms with E-state index in [4.69, 9.17) is 9.47 Å². The van der Waals surface area contributed by atoms with Crippen LogP contribution in [-0.2, 0) is 20.1 Å². The van der Waals surface area contributed by atoms with Crippen molar-refractivity contribution in [1.82, 2.24) is 25.4 Å². The monoisotopic (exact) mass is 440 g/mol. The molecule has 0 saturated heterocycles. The van der Waals surface area contributed by atoms with Gasteiger partial charge in [-0.3, -0.25) is 0 Å². The summed E-state index contributed by atoms with van der Waals surface area (Å²) < 4.78 is 26.1. The Bertz CT molecular complexity index is 1020. The fourth-order valence-electron chi connectivity index (χ4n) is 2.87. The van der Waals surface area contributed by atoms with Crippen LogP contribution in [0, 0.1) is 12.7 Å². The second kappa shape index (κ2) is 11.1. The number of nitrogens with zero attached hydrogens (tertiary/aromatic N) is 4. The molecule has 170 valence electrons. The van der Waals surface area contributed by atoms with Crippen LogP contribution in [0.3, 0.4) is 0 Å². The number of nitrogens with one attached hydrogen (secondary N) is 2. The van der Waals surface area contributed by atoms with Gasteiger partial charge >= 0.3 is 0 Å². The third-order valence-corrected chi connectivity index (χ3v) is 4.88. The molecule has 1 atom stereocenters. The minimum absolute atomic E-state index is 0.162. The summed E-state index contributed by atoms with van der Waals surface area (Å²) in [5, 5.41) is 14.9. The maximum absolute atomic E-state index is 13.1. The van der Waals surface area contributed by atoms with E-state index in [-0.39, 0.29) is 11.9 Å². The highest BCUT2D eigenvalue weighted by Crippen LogP contribution is 2.13. The number of rotatable bonds is 9. The lowest BCUT2D eigenvalue weighted by molar-refractivity contribution is 0.223. The lowest BCUT2D eigenvalue weighted by Gasteiger charge is -2.18. The number of benzene rings is 2. The van der Waals surface area contributed by atoms with Crippen molar-refractivity contribution in [1.29, 1.82) is 0 Å². The van der Waals surface area contributed by atoms with Gasteiger partial charge in [0, 0.05) is 7.05 Å². The molecule has 8 nitrogen and oxygen atoms in total. The van der Waals surface area contributed by atoms with E-state index in [1.165, 1.54) is 12.1 Å². The molecule has 1 aromatic heterocycles. The topological polar surface area (TPSA) is 85.6 Å². The van der Waals surface area contributed by atoms with E-state index < -0.39 is 0 Å². The van der Waals surface area contributed by atoms with E-state index in [9.17, 15) is 4.39 Å². The molecule has 0 aliphatic heterocycles. The molecule has 1 heterocycles. The summed E-state index contributed by atoms with van der Waals surface area (Å²) in [6.07, 6.45) is -0.162. The Hall–Kier alpha value is -3.62.